The van der Waals surface area contributed by atoms with Crippen LogP contribution in [0.3, 0.4) is 0 Å². The Bertz CT molecular complexity index is 459. The molecule has 4 heteroatoms. The quantitative estimate of drug-likeness (QED) is 0.759. The maximum absolute atomic E-state index is 12.3. The molecule has 0 aliphatic rings. The largest absolute Gasteiger partial charge is 0.399 e. The second-order valence-electron chi connectivity index (χ2n) is 6.33. The van der Waals surface area contributed by atoms with Crippen molar-refractivity contribution in [1.82, 2.24) is 5.32 Å². The molecular formula is C17H29N3O. The number of carbonyl (C=O) groups is 1. The number of amides is 1. The van der Waals surface area contributed by atoms with Crippen molar-refractivity contribution in [2.24, 2.45) is 11.8 Å². The highest BCUT2D eigenvalue weighted by Crippen LogP contribution is 2.25. The molecule has 0 saturated heterocycles. The average Bonchev–Trinajstić information content (AvgIpc) is 2.36. The van der Waals surface area contributed by atoms with Gasteiger partial charge in [-0.05, 0) is 37.0 Å². The van der Waals surface area contributed by atoms with Crippen LogP contribution in [0, 0.1) is 11.8 Å². The fourth-order valence-electron chi connectivity index (χ4n) is 2.41. The van der Waals surface area contributed by atoms with Gasteiger partial charge in [0.05, 0.1) is 11.3 Å². The van der Waals surface area contributed by atoms with E-state index in [-0.39, 0.29) is 5.91 Å². The van der Waals surface area contributed by atoms with E-state index < -0.39 is 0 Å². The average molecular weight is 291 g/mol. The van der Waals surface area contributed by atoms with Crippen molar-refractivity contribution in [3.8, 4) is 0 Å². The summed E-state index contributed by atoms with van der Waals surface area (Å²) in [5.41, 5.74) is 8.27. The number of nitrogens with zero attached hydrogens (tertiary/aromatic N) is 1. The van der Waals surface area contributed by atoms with Gasteiger partial charge < -0.3 is 16.0 Å². The standard InChI is InChI=1S/C17H29N3O/c1-6-19-17(21)15-8-7-14(18)9-16(15)20(10-12(2)3)11-13(4)5/h7-9,12-13H,6,10-11,18H2,1-5H3,(H,19,21). The Morgan fingerprint density at radius 1 is 1.19 bits per heavy atom. The number of benzene rings is 1. The van der Waals surface area contributed by atoms with Crippen LogP contribution in [0.2, 0.25) is 0 Å². The van der Waals surface area contributed by atoms with Crippen molar-refractivity contribution in [2.75, 3.05) is 30.3 Å². The van der Waals surface area contributed by atoms with Crippen LogP contribution in [0.4, 0.5) is 11.4 Å². The monoisotopic (exact) mass is 291 g/mol. The highest BCUT2D eigenvalue weighted by molar-refractivity contribution is 6.00. The number of hydrogen-bond donors (Lipinski definition) is 2. The highest BCUT2D eigenvalue weighted by Gasteiger charge is 2.18. The van der Waals surface area contributed by atoms with Crippen LogP contribution in [0.25, 0.3) is 0 Å². The summed E-state index contributed by atoms with van der Waals surface area (Å²) < 4.78 is 0. The molecule has 0 saturated carbocycles. The van der Waals surface area contributed by atoms with E-state index in [1.54, 1.807) is 6.07 Å². The maximum Gasteiger partial charge on any atom is 0.253 e. The van der Waals surface area contributed by atoms with Crippen molar-refractivity contribution < 1.29 is 4.79 Å². The SMILES string of the molecule is CCNC(=O)c1ccc(N)cc1N(CC(C)C)CC(C)C. The summed E-state index contributed by atoms with van der Waals surface area (Å²) >= 11 is 0. The molecule has 0 spiro atoms. The minimum Gasteiger partial charge on any atom is -0.399 e. The molecule has 21 heavy (non-hydrogen) atoms. The van der Waals surface area contributed by atoms with Gasteiger partial charge in [-0.3, -0.25) is 4.79 Å². The number of carbonyl (C=O) groups excluding carboxylic acids is 1. The smallest absolute Gasteiger partial charge is 0.253 e. The Kier molecular flexibility index (Phi) is 6.53. The predicted octanol–water partition coefficient (Wildman–Crippen LogP) is 3.14. The molecule has 0 aromatic heterocycles. The van der Waals surface area contributed by atoms with Crippen LogP contribution in [-0.4, -0.2) is 25.5 Å². The highest BCUT2D eigenvalue weighted by atomic mass is 16.1. The first kappa shape index (κ1) is 17.3. The van der Waals surface area contributed by atoms with E-state index in [1.807, 2.05) is 19.1 Å². The normalized spacial score (nSPS) is 11.0. The number of anilines is 2. The van der Waals surface area contributed by atoms with Crippen molar-refractivity contribution in [3.63, 3.8) is 0 Å². The predicted molar refractivity (Wildman–Crippen MR) is 90.8 cm³/mol. The van der Waals surface area contributed by atoms with Crippen LogP contribution in [-0.2, 0) is 0 Å². The van der Waals surface area contributed by atoms with Crippen molar-refractivity contribution in [1.29, 1.82) is 0 Å². The zero-order chi connectivity index (χ0) is 16.0. The van der Waals surface area contributed by atoms with Crippen molar-refractivity contribution in [2.45, 2.75) is 34.6 Å². The van der Waals surface area contributed by atoms with Crippen LogP contribution < -0.4 is 16.0 Å². The summed E-state index contributed by atoms with van der Waals surface area (Å²) in [5, 5.41) is 2.88. The first-order valence-corrected chi connectivity index (χ1v) is 7.77. The molecule has 1 amide bonds. The van der Waals surface area contributed by atoms with Gasteiger partial charge in [-0.1, -0.05) is 27.7 Å². The van der Waals surface area contributed by atoms with Crippen molar-refractivity contribution in [3.05, 3.63) is 23.8 Å². The Hall–Kier alpha value is -1.71. The van der Waals surface area contributed by atoms with Gasteiger partial charge in [-0.2, -0.15) is 0 Å². The summed E-state index contributed by atoms with van der Waals surface area (Å²) in [5.74, 6) is 1.00. The molecule has 1 aromatic carbocycles. The number of nitrogens with one attached hydrogen (secondary N) is 1. The van der Waals surface area contributed by atoms with Gasteiger partial charge in [-0.15, -0.1) is 0 Å². The summed E-state index contributed by atoms with van der Waals surface area (Å²) in [7, 11) is 0. The lowest BCUT2D eigenvalue weighted by Gasteiger charge is -2.30. The van der Waals surface area contributed by atoms with E-state index in [2.05, 4.69) is 37.9 Å². The molecule has 0 heterocycles. The summed E-state index contributed by atoms with van der Waals surface area (Å²) in [6, 6.07) is 5.52. The van der Waals surface area contributed by atoms with Gasteiger partial charge >= 0.3 is 0 Å². The van der Waals surface area contributed by atoms with Gasteiger partial charge in [0.15, 0.2) is 0 Å². The fraction of sp³-hybridized carbons (Fsp3) is 0.588. The molecule has 0 fully saturated rings. The third-order valence-electron chi connectivity index (χ3n) is 3.12. The molecule has 1 aromatic rings. The molecule has 118 valence electrons. The van der Waals surface area contributed by atoms with Crippen LogP contribution in [0.15, 0.2) is 18.2 Å². The van der Waals surface area contributed by atoms with Crippen molar-refractivity contribution >= 4 is 17.3 Å². The van der Waals surface area contributed by atoms with E-state index >= 15 is 0 Å². The molecule has 4 nitrogen and oxygen atoms in total. The number of nitrogen functional groups attached to an aromatic ring is 1. The lowest BCUT2D eigenvalue weighted by molar-refractivity contribution is 0.0956. The summed E-state index contributed by atoms with van der Waals surface area (Å²) in [4.78, 5) is 14.5. The van der Waals surface area contributed by atoms with Crippen LogP contribution >= 0.6 is 0 Å². The van der Waals surface area contributed by atoms with Crippen LogP contribution in [0.5, 0.6) is 0 Å². The molecule has 0 unspecified atom stereocenters. The molecule has 0 bridgehead atoms. The Balaban J connectivity index is 3.20. The van der Waals surface area contributed by atoms with Gasteiger partial charge in [0.25, 0.3) is 5.91 Å². The zero-order valence-corrected chi connectivity index (χ0v) is 13.9. The first-order valence-electron chi connectivity index (χ1n) is 7.77. The lowest BCUT2D eigenvalue weighted by Crippen LogP contribution is -2.34. The summed E-state index contributed by atoms with van der Waals surface area (Å²) in [6.07, 6.45) is 0. The second kappa shape index (κ2) is 7.91. The number of nitrogens with two attached hydrogens (primary N) is 1. The van der Waals surface area contributed by atoms with Gasteiger partial charge in [0.2, 0.25) is 0 Å². The molecule has 1 rings (SSSR count). The third-order valence-corrected chi connectivity index (χ3v) is 3.12. The maximum atomic E-state index is 12.3. The lowest BCUT2D eigenvalue weighted by atomic mass is 10.1. The molecule has 3 N–H and O–H groups in total. The molecule has 0 aliphatic heterocycles. The van der Waals surface area contributed by atoms with Crippen LogP contribution in [0.1, 0.15) is 45.0 Å². The van der Waals surface area contributed by atoms with E-state index in [4.69, 9.17) is 5.73 Å². The third kappa shape index (κ3) is 5.29. The molecule has 0 aliphatic carbocycles. The number of hydrogen-bond acceptors (Lipinski definition) is 3. The van der Waals surface area contributed by atoms with E-state index in [0.29, 0.717) is 29.6 Å². The van der Waals surface area contributed by atoms with Gasteiger partial charge in [0, 0.05) is 25.3 Å². The second-order valence-corrected chi connectivity index (χ2v) is 6.33. The Morgan fingerprint density at radius 3 is 2.24 bits per heavy atom. The summed E-state index contributed by atoms with van der Waals surface area (Å²) in [6.45, 7) is 13.1. The minimum absolute atomic E-state index is 0.0370. The van der Waals surface area contributed by atoms with Gasteiger partial charge in [-0.25, -0.2) is 0 Å². The minimum atomic E-state index is -0.0370. The molecule has 0 atom stereocenters. The topological polar surface area (TPSA) is 58.4 Å². The fourth-order valence-corrected chi connectivity index (χ4v) is 2.41. The Morgan fingerprint density at radius 2 is 1.76 bits per heavy atom. The number of rotatable bonds is 7. The van der Waals surface area contributed by atoms with E-state index in [0.717, 1.165) is 18.8 Å². The van der Waals surface area contributed by atoms with E-state index in [9.17, 15) is 4.79 Å². The van der Waals surface area contributed by atoms with E-state index in [1.165, 1.54) is 0 Å². The first-order chi connectivity index (χ1) is 9.85. The Labute approximate surface area is 128 Å². The molecule has 0 radical (unpaired) electrons. The van der Waals surface area contributed by atoms with Gasteiger partial charge in [0.1, 0.15) is 0 Å². The zero-order valence-electron chi connectivity index (χ0n) is 13.9. The molecular weight excluding hydrogens is 262 g/mol.